The Kier molecular flexibility index (Phi) is 9.97. The van der Waals surface area contributed by atoms with Crippen LogP contribution in [0.15, 0.2) is 72.8 Å². The van der Waals surface area contributed by atoms with Crippen molar-refractivity contribution < 1.29 is 19.1 Å². The molecule has 312 valence electrons. The number of amides is 3. The van der Waals surface area contributed by atoms with Gasteiger partial charge in [0.25, 0.3) is 0 Å². The third kappa shape index (κ3) is 7.14. The highest BCUT2D eigenvalue weighted by Crippen LogP contribution is 2.41. The first-order chi connectivity index (χ1) is 29.2. The van der Waals surface area contributed by atoms with Gasteiger partial charge in [-0.25, -0.2) is 9.18 Å². The molecule has 60 heavy (non-hydrogen) atoms. The number of halogens is 1. The van der Waals surface area contributed by atoms with Gasteiger partial charge in [-0.05, 0) is 112 Å². The minimum absolute atomic E-state index is 0.156. The molecule has 2 atom stereocenters. The Hall–Kier alpha value is -5.89. The molecule has 5 aromatic rings. The molecule has 0 saturated carbocycles. The number of nitrogen functional groups attached to an aromatic ring is 1. The third-order valence-corrected chi connectivity index (χ3v) is 13.9. The Morgan fingerprint density at radius 3 is 2.30 bits per heavy atom. The van der Waals surface area contributed by atoms with Crippen molar-refractivity contribution in [2.75, 3.05) is 77.7 Å². The van der Waals surface area contributed by atoms with Crippen molar-refractivity contribution >= 4 is 51.4 Å². The Balaban J connectivity index is 0.741. The second-order valence-electron chi connectivity index (χ2n) is 17.5. The van der Waals surface area contributed by atoms with Crippen LogP contribution in [-0.2, 0) is 11.8 Å². The number of nitrogens with two attached hydrogens (primary N) is 1. The number of imide groups is 1. The average Bonchev–Trinajstić information content (AvgIpc) is 3.72. The summed E-state index contributed by atoms with van der Waals surface area (Å²) in [7, 11) is 2.12. The van der Waals surface area contributed by atoms with E-state index in [1.54, 1.807) is 23.1 Å². The number of carbonyl (C=O) groups is 2. The lowest BCUT2D eigenvalue weighted by Crippen LogP contribution is -2.54. The number of anilines is 5. The number of piperidine rings is 2. The van der Waals surface area contributed by atoms with E-state index >= 15 is 4.39 Å². The van der Waals surface area contributed by atoms with Crippen molar-refractivity contribution in [1.82, 2.24) is 25.0 Å². The second kappa shape index (κ2) is 15.6. The van der Waals surface area contributed by atoms with Crippen molar-refractivity contribution in [3.8, 4) is 17.0 Å². The van der Waals surface area contributed by atoms with Crippen LogP contribution in [0, 0.1) is 11.7 Å². The molecular formula is C46H53FN10O3. The fourth-order valence-electron chi connectivity index (χ4n) is 10.7. The summed E-state index contributed by atoms with van der Waals surface area (Å²) in [6, 6.07) is 23.3. The number of phenols is 1. The van der Waals surface area contributed by atoms with Crippen LogP contribution in [0.1, 0.15) is 56.6 Å². The van der Waals surface area contributed by atoms with E-state index in [1.807, 2.05) is 30.3 Å². The SMILES string of the molecule is Cn1c(C2CCN(CC3CCN(c4cc(N5C6CCC5CN(c5cc(-c7ccccc7O)nnc5N)C6)ccc4F)CC3)CC2)cc2ccc(N3CCC(=O)NC3=O)cc21. The average molecular weight is 813 g/mol. The van der Waals surface area contributed by atoms with Crippen molar-refractivity contribution in [1.29, 1.82) is 0 Å². The van der Waals surface area contributed by atoms with Gasteiger partial charge in [0, 0.05) is 98.8 Å². The summed E-state index contributed by atoms with van der Waals surface area (Å²) in [4.78, 5) is 35.5. The number of hydrogen-bond donors (Lipinski definition) is 3. The first-order valence-corrected chi connectivity index (χ1v) is 21.6. The quantitative estimate of drug-likeness (QED) is 0.160. The number of urea groups is 1. The molecule has 7 heterocycles. The molecule has 2 unspecified atom stereocenters. The van der Waals surface area contributed by atoms with E-state index in [0.29, 0.717) is 47.6 Å². The third-order valence-electron chi connectivity index (χ3n) is 13.9. The molecule has 4 N–H and O–H groups in total. The Morgan fingerprint density at radius 1 is 0.800 bits per heavy atom. The number of aromatic nitrogens is 3. The van der Waals surface area contributed by atoms with E-state index in [1.165, 1.54) is 11.1 Å². The number of phenolic OH excluding ortho intramolecular Hbond substituents is 1. The standard InChI is InChI=1S/C46H53FN10O3/c1-52-39(22-31-6-7-32(23-40(31)52)56-21-16-44(59)49-46(56)60)30-14-17-53(18-15-30)26-29-12-19-54(20-13-29)41-24-33(10-11-37(41)47)57-34-8-9-35(57)28-55(27-34)42-25-38(50-51-45(42)48)36-4-2-3-5-43(36)58/h2-7,10-11,22-25,29-30,34-35,58H,8-9,12-21,26-28H2,1H3,(H2,48,51)(H,49,59,60). The van der Waals surface area contributed by atoms with E-state index in [2.05, 4.69) is 71.0 Å². The molecule has 2 aromatic heterocycles. The summed E-state index contributed by atoms with van der Waals surface area (Å²) in [5.41, 5.74) is 13.5. The van der Waals surface area contributed by atoms with Gasteiger partial charge in [-0.15, -0.1) is 10.2 Å². The summed E-state index contributed by atoms with van der Waals surface area (Å²) in [6.45, 7) is 6.85. The fraction of sp³-hybridized carbons (Fsp3) is 0.435. The second-order valence-corrected chi connectivity index (χ2v) is 17.5. The van der Waals surface area contributed by atoms with Crippen LogP contribution in [0.5, 0.6) is 5.75 Å². The topological polar surface area (TPSA) is 139 Å². The van der Waals surface area contributed by atoms with Gasteiger partial charge in [0.2, 0.25) is 5.91 Å². The highest BCUT2D eigenvalue weighted by Gasteiger charge is 2.41. The van der Waals surface area contributed by atoms with Crippen molar-refractivity contribution in [3.63, 3.8) is 0 Å². The molecule has 5 saturated heterocycles. The van der Waals surface area contributed by atoms with Crippen LogP contribution in [0.25, 0.3) is 22.2 Å². The summed E-state index contributed by atoms with van der Waals surface area (Å²) >= 11 is 0. The lowest BCUT2D eigenvalue weighted by atomic mass is 9.91. The van der Waals surface area contributed by atoms with Crippen molar-refractivity contribution in [2.24, 2.45) is 13.0 Å². The van der Waals surface area contributed by atoms with Crippen LogP contribution in [-0.4, -0.2) is 101 Å². The number of carbonyl (C=O) groups excluding carboxylic acids is 2. The number of rotatable bonds is 8. The minimum atomic E-state index is -0.359. The maximum atomic E-state index is 15.6. The predicted octanol–water partition coefficient (Wildman–Crippen LogP) is 6.46. The van der Waals surface area contributed by atoms with Crippen LogP contribution in [0.3, 0.4) is 0 Å². The van der Waals surface area contributed by atoms with Gasteiger partial charge in [0.1, 0.15) is 11.6 Å². The zero-order valence-corrected chi connectivity index (χ0v) is 34.1. The predicted molar refractivity (Wildman–Crippen MR) is 233 cm³/mol. The molecule has 3 amide bonds. The van der Waals surface area contributed by atoms with Gasteiger partial charge in [-0.2, -0.15) is 0 Å². The van der Waals surface area contributed by atoms with Crippen LogP contribution < -0.4 is 30.7 Å². The molecule has 5 aliphatic rings. The van der Waals surface area contributed by atoms with Gasteiger partial charge >= 0.3 is 6.03 Å². The van der Waals surface area contributed by atoms with Gasteiger partial charge in [-0.3, -0.25) is 15.0 Å². The number of hydrogen-bond acceptors (Lipinski definition) is 10. The molecule has 3 aromatic carbocycles. The molecule has 2 bridgehead atoms. The van der Waals surface area contributed by atoms with Crippen LogP contribution in [0.4, 0.5) is 37.8 Å². The zero-order chi connectivity index (χ0) is 41.1. The summed E-state index contributed by atoms with van der Waals surface area (Å²) in [5.74, 6) is 1.22. The number of nitrogens with one attached hydrogen (secondary N) is 1. The van der Waals surface area contributed by atoms with E-state index in [-0.39, 0.29) is 35.6 Å². The molecule has 10 rings (SSSR count). The lowest BCUT2D eigenvalue weighted by molar-refractivity contribution is -0.120. The molecule has 13 nitrogen and oxygen atoms in total. The first kappa shape index (κ1) is 38.3. The van der Waals surface area contributed by atoms with E-state index in [0.717, 1.165) is 107 Å². The normalized spacial score (nSPS) is 22.0. The summed E-state index contributed by atoms with van der Waals surface area (Å²) in [5, 5.41) is 22.6. The Bertz CT molecular complexity index is 2430. The largest absolute Gasteiger partial charge is 0.507 e. The maximum absolute atomic E-state index is 15.6. The number of nitrogens with zero attached hydrogens (tertiary/aromatic N) is 8. The van der Waals surface area contributed by atoms with Crippen molar-refractivity contribution in [3.05, 3.63) is 84.3 Å². The lowest BCUT2D eigenvalue weighted by Gasteiger charge is -2.44. The van der Waals surface area contributed by atoms with Crippen LogP contribution in [0.2, 0.25) is 0 Å². The highest BCUT2D eigenvalue weighted by molar-refractivity contribution is 6.06. The number of para-hydroxylation sites is 1. The number of aryl methyl sites for hydroxylation is 1. The molecule has 0 aliphatic carbocycles. The minimum Gasteiger partial charge on any atom is -0.507 e. The summed E-state index contributed by atoms with van der Waals surface area (Å²) in [6.07, 6.45) is 6.71. The maximum Gasteiger partial charge on any atom is 0.328 e. The van der Waals surface area contributed by atoms with Gasteiger partial charge < -0.3 is 35.0 Å². The number of likely N-dealkylation sites (tertiary alicyclic amines) is 1. The number of piperazine rings is 1. The zero-order valence-electron chi connectivity index (χ0n) is 34.1. The van der Waals surface area contributed by atoms with Gasteiger partial charge in [0.05, 0.1) is 22.6 Å². The monoisotopic (exact) mass is 812 g/mol. The summed E-state index contributed by atoms with van der Waals surface area (Å²) < 4.78 is 17.9. The van der Waals surface area contributed by atoms with Gasteiger partial charge in [0.15, 0.2) is 5.82 Å². The van der Waals surface area contributed by atoms with Crippen LogP contribution >= 0.6 is 0 Å². The molecule has 5 fully saturated rings. The molecule has 0 spiro atoms. The molecule has 0 radical (unpaired) electrons. The first-order valence-electron chi connectivity index (χ1n) is 21.6. The number of benzene rings is 3. The number of fused-ring (bicyclic) bond motifs is 3. The Morgan fingerprint density at radius 2 is 1.55 bits per heavy atom. The highest BCUT2D eigenvalue weighted by atomic mass is 19.1. The molecule has 5 aliphatic heterocycles. The van der Waals surface area contributed by atoms with E-state index in [9.17, 15) is 14.7 Å². The van der Waals surface area contributed by atoms with E-state index < -0.39 is 0 Å². The Labute approximate surface area is 349 Å². The van der Waals surface area contributed by atoms with E-state index in [4.69, 9.17) is 5.73 Å². The smallest absolute Gasteiger partial charge is 0.328 e. The fourth-order valence-corrected chi connectivity index (χ4v) is 10.7. The molecule has 14 heteroatoms. The molecular weight excluding hydrogens is 760 g/mol. The van der Waals surface area contributed by atoms with Crippen molar-refractivity contribution in [2.45, 2.75) is 62.9 Å². The van der Waals surface area contributed by atoms with Gasteiger partial charge in [-0.1, -0.05) is 18.2 Å². The number of aromatic hydroxyl groups is 1.